The van der Waals surface area contributed by atoms with Gasteiger partial charge in [0, 0.05) is 29.7 Å². The number of esters is 1. The number of carboxylic acid groups (broad SMARTS) is 3. The van der Waals surface area contributed by atoms with E-state index in [0.29, 0.717) is 6.42 Å². The van der Waals surface area contributed by atoms with Crippen LogP contribution in [0.1, 0.15) is 13.3 Å². The van der Waals surface area contributed by atoms with Crippen LogP contribution in [0.15, 0.2) is 50.6 Å². The number of aliphatic hydroxyl groups is 4. The van der Waals surface area contributed by atoms with Crippen LogP contribution in [0.3, 0.4) is 0 Å². The third-order valence-electron chi connectivity index (χ3n) is 2.78. The van der Waals surface area contributed by atoms with E-state index in [1.807, 2.05) is 6.92 Å². The molecule has 186 valence electrons. The Labute approximate surface area is 186 Å². The van der Waals surface area contributed by atoms with Crippen molar-refractivity contribution in [1.29, 1.82) is 0 Å². The standard InChI is InChI=1S/C6H14O3.C5H8O3.3C3H4O2/c1-2-6(3-7,4-8)5-9;1-2-5(7)8-4-3-6;3*1-2-3(4)5/h7-9H,2-5H2,1H3;2,6H,1,3-4H2;3*2H,1H2,(H,4,5). The smallest absolute Gasteiger partial charge is 0.330 e. The molecule has 0 aliphatic rings. The number of rotatable bonds is 10. The molecule has 0 saturated heterocycles. The maximum Gasteiger partial charge on any atom is 0.330 e. The van der Waals surface area contributed by atoms with E-state index >= 15 is 0 Å². The highest BCUT2D eigenvalue weighted by molar-refractivity contribution is 5.81. The lowest BCUT2D eigenvalue weighted by Crippen LogP contribution is -2.32. The van der Waals surface area contributed by atoms with Crippen molar-refractivity contribution in [2.45, 2.75) is 13.3 Å². The zero-order chi connectivity index (χ0) is 26.6. The number of carbonyl (C=O) groups excluding carboxylic acids is 1. The van der Waals surface area contributed by atoms with E-state index in [2.05, 4.69) is 31.1 Å². The first-order valence-corrected chi connectivity index (χ1v) is 8.65. The Hall–Kier alpha value is -3.32. The fourth-order valence-electron chi connectivity index (χ4n) is 0.691. The van der Waals surface area contributed by atoms with Crippen LogP contribution in [0.25, 0.3) is 0 Å². The summed E-state index contributed by atoms with van der Waals surface area (Å²) >= 11 is 0. The Bertz CT molecular complexity index is 490. The number of carboxylic acids is 3. The number of carbonyl (C=O) groups is 4. The molecule has 0 aromatic rings. The van der Waals surface area contributed by atoms with Gasteiger partial charge in [-0.1, -0.05) is 33.2 Å². The highest BCUT2D eigenvalue weighted by Crippen LogP contribution is 2.18. The van der Waals surface area contributed by atoms with E-state index in [9.17, 15) is 19.2 Å². The van der Waals surface area contributed by atoms with Crippen LogP contribution < -0.4 is 0 Å². The third-order valence-corrected chi connectivity index (χ3v) is 2.78. The minimum atomic E-state index is -0.981. The van der Waals surface area contributed by atoms with Gasteiger partial charge in [0.1, 0.15) is 6.61 Å². The molecular formula is C20H34O12. The van der Waals surface area contributed by atoms with Crippen molar-refractivity contribution in [3.05, 3.63) is 50.6 Å². The van der Waals surface area contributed by atoms with Crippen molar-refractivity contribution >= 4 is 23.9 Å². The fraction of sp³-hybridized carbons (Fsp3) is 0.400. The van der Waals surface area contributed by atoms with Gasteiger partial charge in [-0.3, -0.25) is 0 Å². The first-order valence-electron chi connectivity index (χ1n) is 8.65. The van der Waals surface area contributed by atoms with Crippen molar-refractivity contribution in [2.75, 3.05) is 33.0 Å². The molecular weight excluding hydrogens is 432 g/mol. The molecule has 7 N–H and O–H groups in total. The third kappa shape index (κ3) is 41.1. The van der Waals surface area contributed by atoms with Gasteiger partial charge in [-0.2, -0.15) is 0 Å². The maximum absolute atomic E-state index is 10.1. The Balaban J connectivity index is -0.0000000976. The number of hydrogen-bond acceptors (Lipinski definition) is 9. The van der Waals surface area contributed by atoms with Crippen LogP contribution in [-0.4, -0.2) is 92.7 Å². The van der Waals surface area contributed by atoms with Gasteiger partial charge in [0.05, 0.1) is 26.4 Å². The van der Waals surface area contributed by atoms with Crippen LogP contribution in [0.2, 0.25) is 0 Å². The van der Waals surface area contributed by atoms with Crippen LogP contribution in [-0.2, 0) is 23.9 Å². The van der Waals surface area contributed by atoms with Crippen molar-refractivity contribution < 1.29 is 59.7 Å². The highest BCUT2D eigenvalue weighted by Gasteiger charge is 2.24. The first kappa shape index (κ1) is 39.2. The van der Waals surface area contributed by atoms with Crippen LogP contribution >= 0.6 is 0 Å². The predicted octanol–water partition coefficient (Wildman–Crippen LogP) is -0.161. The summed E-state index contributed by atoms with van der Waals surface area (Å²) in [5.41, 5.74) is -0.667. The normalized spacial score (nSPS) is 8.41. The SMILES string of the molecule is C=CC(=O)O.C=CC(=O)O.C=CC(=O)O.C=CC(=O)OCCO.CCC(CO)(CO)CO. The van der Waals surface area contributed by atoms with Gasteiger partial charge < -0.3 is 40.5 Å². The molecule has 0 aromatic carbocycles. The predicted molar refractivity (Wildman–Crippen MR) is 116 cm³/mol. The molecule has 0 rings (SSSR count). The van der Waals surface area contributed by atoms with Crippen molar-refractivity contribution in [3.63, 3.8) is 0 Å². The second-order valence-electron chi connectivity index (χ2n) is 5.05. The second kappa shape index (κ2) is 29.9. The highest BCUT2D eigenvalue weighted by atomic mass is 16.5. The first-order chi connectivity index (χ1) is 14.9. The molecule has 0 fully saturated rings. The lowest BCUT2D eigenvalue weighted by Gasteiger charge is -2.24. The van der Waals surface area contributed by atoms with Gasteiger partial charge in [-0.25, -0.2) is 19.2 Å². The average molecular weight is 466 g/mol. The molecule has 12 nitrogen and oxygen atoms in total. The monoisotopic (exact) mass is 466 g/mol. The van der Waals surface area contributed by atoms with Crippen LogP contribution in [0.5, 0.6) is 0 Å². The van der Waals surface area contributed by atoms with Gasteiger partial charge >= 0.3 is 23.9 Å². The zero-order valence-electron chi connectivity index (χ0n) is 18.1. The molecule has 0 aliphatic carbocycles. The molecule has 0 spiro atoms. The fourth-order valence-corrected chi connectivity index (χ4v) is 0.691. The summed E-state index contributed by atoms with van der Waals surface area (Å²) in [5, 5.41) is 56.9. The summed E-state index contributed by atoms with van der Waals surface area (Å²) in [5.74, 6) is -3.45. The summed E-state index contributed by atoms with van der Waals surface area (Å²) in [6.45, 7) is 13.3. The summed E-state index contributed by atoms with van der Waals surface area (Å²) in [6.07, 6.45) is 4.14. The summed E-state index contributed by atoms with van der Waals surface area (Å²) in [7, 11) is 0. The summed E-state index contributed by atoms with van der Waals surface area (Å²) in [4.78, 5) is 37.9. The van der Waals surface area contributed by atoms with Gasteiger partial charge in [0.15, 0.2) is 0 Å². The van der Waals surface area contributed by atoms with Gasteiger partial charge in [0.25, 0.3) is 0 Å². The Morgan fingerprint density at radius 1 is 0.719 bits per heavy atom. The molecule has 0 unspecified atom stereocenters. The molecule has 0 amide bonds. The maximum atomic E-state index is 10.1. The zero-order valence-corrected chi connectivity index (χ0v) is 18.1. The molecule has 0 atom stereocenters. The van der Waals surface area contributed by atoms with Crippen LogP contribution in [0.4, 0.5) is 0 Å². The quantitative estimate of drug-likeness (QED) is 0.165. The summed E-state index contributed by atoms with van der Waals surface area (Å²) < 4.78 is 4.33. The van der Waals surface area contributed by atoms with Gasteiger partial charge in [-0.05, 0) is 6.42 Å². The van der Waals surface area contributed by atoms with E-state index in [-0.39, 0.29) is 33.0 Å². The van der Waals surface area contributed by atoms with Crippen LogP contribution in [0, 0.1) is 5.41 Å². The molecule has 0 bridgehead atoms. The lowest BCUT2D eigenvalue weighted by atomic mass is 9.88. The number of aliphatic carboxylic acids is 3. The van der Waals surface area contributed by atoms with Crippen molar-refractivity contribution in [2.24, 2.45) is 5.41 Å². The molecule has 12 heteroatoms. The molecule has 0 saturated carbocycles. The number of ether oxygens (including phenoxy) is 1. The number of aliphatic hydroxyl groups excluding tert-OH is 4. The summed E-state index contributed by atoms with van der Waals surface area (Å²) in [6, 6.07) is 0. The van der Waals surface area contributed by atoms with E-state index in [1.165, 1.54) is 0 Å². The Morgan fingerprint density at radius 3 is 1.09 bits per heavy atom. The number of hydrogen-bond donors (Lipinski definition) is 7. The van der Waals surface area contributed by atoms with E-state index in [1.54, 1.807) is 0 Å². The average Bonchev–Trinajstić information content (AvgIpc) is 2.80. The van der Waals surface area contributed by atoms with Crippen molar-refractivity contribution in [3.8, 4) is 0 Å². The van der Waals surface area contributed by atoms with Crippen molar-refractivity contribution in [1.82, 2.24) is 0 Å². The molecule has 0 heterocycles. The topological polar surface area (TPSA) is 219 Å². The lowest BCUT2D eigenvalue weighted by molar-refractivity contribution is -0.138. The largest absolute Gasteiger partial charge is 0.478 e. The molecule has 0 aromatic heterocycles. The minimum Gasteiger partial charge on any atom is -0.478 e. The molecule has 0 radical (unpaired) electrons. The van der Waals surface area contributed by atoms with E-state index in [4.69, 9.17) is 35.7 Å². The second-order valence-corrected chi connectivity index (χ2v) is 5.05. The van der Waals surface area contributed by atoms with E-state index < -0.39 is 29.3 Å². The van der Waals surface area contributed by atoms with Gasteiger partial charge in [0.2, 0.25) is 0 Å². The Morgan fingerprint density at radius 2 is 1.00 bits per heavy atom. The molecule has 32 heavy (non-hydrogen) atoms. The Kier molecular flexibility index (Phi) is 36.6. The van der Waals surface area contributed by atoms with E-state index in [0.717, 1.165) is 24.3 Å². The molecule has 0 aliphatic heterocycles. The minimum absolute atomic E-state index is 0.0465. The van der Waals surface area contributed by atoms with Gasteiger partial charge in [-0.15, -0.1) is 0 Å².